The van der Waals surface area contributed by atoms with Gasteiger partial charge in [-0.3, -0.25) is 4.79 Å². The van der Waals surface area contributed by atoms with Crippen LogP contribution in [0, 0.1) is 11.6 Å². The van der Waals surface area contributed by atoms with E-state index in [1.54, 1.807) is 62.8 Å². The van der Waals surface area contributed by atoms with Crippen molar-refractivity contribution in [2.24, 2.45) is 0 Å². The van der Waals surface area contributed by atoms with Gasteiger partial charge in [0, 0.05) is 34.3 Å². The Morgan fingerprint density at radius 2 is 1.42 bits per heavy atom. The Kier molecular flexibility index (Phi) is 6.70. The van der Waals surface area contributed by atoms with Gasteiger partial charge in [0.1, 0.15) is 29.2 Å². The number of thiophene rings is 1. The summed E-state index contributed by atoms with van der Waals surface area (Å²) in [5.41, 5.74) is 2.44. The molecule has 1 N–H and O–H groups in total. The van der Waals surface area contributed by atoms with Crippen LogP contribution in [0.4, 0.5) is 14.5 Å². The van der Waals surface area contributed by atoms with Crippen molar-refractivity contribution in [1.82, 2.24) is 0 Å². The fraction of sp³-hybridized carbons (Fsp3) is 0.115. The molecule has 1 atom stereocenters. The van der Waals surface area contributed by atoms with Crippen LogP contribution in [0.15, 0.2) is 78.2 Å². The van der Waals surface area contributed by atoms with Gasteiger partial charge < -0.3 is 14.8 Å². The molecule has 0 aliphatic carbocycles. The molecule has 0 aliphatic heterocycles. The first-order valence-corrected chi connectivity index (χ1v) is 11.0. The van der Waals surface area contributed by atoms with Crippen molar-refractivity contribution in [2.45, 2.75) is 6.04 Å². The molecule has 33 heavy (non-hydrogen) atoms. The van der Waals surface area contributed by atoms with Crippen molar-refractivity contribution >= 4 is 22.8 Å². The summed E-state index contributed by atoms with van der Waals surface area (Å²) in [4.78, 5) is 14.5. The minimum atomic E-state index is -0.809. The zero-order chi connectivity index (χ0) is 23.4. The summed E-state index contributed by atoms with van der Waals surface area (Å²) in [5, 5.41) is 5.07. The average Bonchev–Trinajstić information content (AvgIpc) is 3.33. The number of Topliss-reactive ketones (excluding diaryl/α,β-unsaturated/α-hetero) is 1. The van der Waals surface area contributed by atoms with Crippen LogP contribution in [0.25, 0.3) is 10.4 Å². The number of halogens is 2. The summed E-state index contributed by atoms with van der Waals surface area (Å²) in [6.45, 7) is 0. The average molecular weight is 466 g/mol. The molecule has 4 aromatic rings. The molecular weight excluding hydrogens is 444 g/mol. The van der Waals surface area contributed by atoms with Gasteiger partial charge in [-0.25, -0.2) is 8.78 Å². The highest BCUT2D eigenvalue weighted by molar-refractivity contribution is 7.14. The number of nitrogens with one attached hydrogen (secondary N) is 1. The van der Waals surface area contributed by atoms with Crippen molar-refractivity contribution < 1.29 is 23.0 Å². The molecule has 168 valence electrons. The molecule has 0 bridgehead atoms. The molecule has 4 nitrogen and oxygen atoms in total. The predicted octanol–water partition coefficient (Wildman–Crippen LogP) is 6.75. The summed E-state index contributed by atoms with van der Waals surface area (Å²) >= 11 is 1.40. The fourth-order valence-corrected chi connectivity index (χ4v) is 4.40. The van der Waals surface area contributed by atoms with Gasteiger partial charge in [-0.1, -0.05) is 24.3 Å². The van der Waals surface area contributed by atoms with Crippen LogP contribution >= 0.6 is 11.3 Å². The highest BCUT2D eigenvalue weighted by atomic mass is 32.1. The Morgan fingerprint density at radius 1 is 0.848 bits per heavy atom. The van der Waals surface area contributed by atoms with Gasteiger partial charge >= 0.3 is 0 Å². The zero-order valence-electron chi connectivity index (χ0n) is 18.0. The normalized spacial score (nSPS) is 11.6. The zero-order valence-corrected chi connectivity index (χ0v) is 18.8. The molecule has 0 saturated heterocycles. The number of benzene rings is 3. The highest BCUT2D eigenvalue weighted by Gasteiger charge is 2.26. The number of anilines is 1. The maximum Gasteiger partial charge on any atom is 0.191 e. The SMILES string of the molecule is COc1cc(NC(C(=O)c2ccsc2-c2ccc(F)cc2)c2ccc(F)cc2)cc(OC)c1. The van der Waals surface area contributed by atoms with E-state index < -0.39 is 11.9 Å². The lowest BCUT2D eigenvalue weighted by atomic mass is 9.95. The van der Waals surface area contributed by atoms with Crippen LogP contribution in [0.2, 0.25) is 0 Å². The molecule has 3 aromatic carbocycles. The van der Waals surface area contributed by atoms with Gasteiger partial charge in [0.2, 0.25) is 0 Å². The first kappa shape index (κ1) is 22.5. The predicted molar refractivity (Wildman–Crippen MR) is 126 cm³/mol. The summed E-state index contributed by atoms with van der Waals surface area (Å²) in [6.07, 6.45) is 0. The minimum Gasteiger partial charge on any atom is -0.497 e. The molecule has 1 heterocycles. The van der Waals surface area contributed by atoms with Gasteiger partial charge in [0.15, 0.2) is 5.78 Å². The fourth-order valence-electron chi connectivity index (χ4n) is 3.50. The van der Waals surface area contributed by atoms with Crippen LogP contribution in [-0.4, -0.2) is 20.0 Å². The van der Waals surface area contributed by atoms with E-state index >= 15 is 0 Å². The lowest BCUT2D eigenvalue weighted by Gasteiger charge is -2.21. The summed E-state index contributed by atoms with van der Waals surface area (Å²) in [6, 6.07) is 18.0. The van der Waals surface area contributed by atoms with Crippen LogP contribution in [0.5, 0.6) is 11.5 Å². The number of ketones is 1. The van der Waals surface area contributed by atoms with E-state index in [0.29, 0.717) is 28.3 Å². The van der Waals surface area contributed by atoms with Crippen molar-refractivity contribution in [1.29, 1.82) is 0 Å². The van der Waals surface area contributed by atoms with Gasteiger partial charge in [0.25, 0.3) is 0 Å². The summed E-state index contributed by atoms with van der Waals surface area (Å²) in [5.74, 6) is 0.176. The van der Waals surface area contributed by atoms with Crippen molar-refractivity contribution in [3.05, 3.63) is 101 Å². The second kappa shape index (κ2) is 9.83. The Bertz CT molecular complexity index is 1230. The molecule has 0 radical (unpaired) electrons. The molecule has 1 aromatic heterocycles. The van der Waals surface area contributed by atoms with E-state index in [4.69, 9.17) is 9.47 Å². The molecule has 1 unspecified atom stereocenters. The van der Waals surface area contributed by atoms with Crippen LogP contribution in [0.3, 0.4) is 0 Å². The minimum absolute atomic E-state index is 0.205. The van der Waals surface area contributed by atoms with E-state index in [-0.39, 0.29) is 11.6 Å². The Balaban J connectivity index is 1.75. The van der Waals surface area contributed by atoms with Crippen LogP contribution in [0.1, 0.15) is 22.0 Å². The molecular formula is C26H21F2NO3S. The monoisotopic (exact) mass is 465 g/mol. The van der Waals surface area contributed by atoms with Gasteiger partial charge in [-0.2, -0.15) is 0 Å². The maximum atomic E-state index is 13.8. The number of ether oxygens (including phenoxy) is 2. The standard InChI is InChI=1S/C26H21F2NO3S/c1-31-21-13-20(14-22(15-21)32-2)29-24(16-3-7-18(27)8-4-16)25(30)23-11-12-33-26(23)17-5-9-19(28)10-6-17/h3-15,24,29H,1-2H3. The molecule has 4 rings (SSSR count). The van der Waals surface area contributed by atoms with E-state index in [9.17, 15) is 13.6 Å². The molecule has 0 saturated carbocycles. The van der Waals surface area contributed by atoms with E-state index in [0.717, 1.165) is 10.4 Å². The Hall–Kier alpha value is -3.71. The molecule has 0 spiro atoms. The Labute approximate surface area is 194 Å². The van der Waals surface area contributed by atoms with Crippen LogP contribution < -0.4 is 14.8 Å². The summed E-state index contributed by atoms with van der Waals surface area (Å²) < 4.78 is 37.7. The van der Waals surface area contributed by atoms with E-state index in [1.165, 1.54) is 35.6 Å². The quantitative estimate of drug-likeness (QED) is 0.293. The second-order valence-electron chi connectivity index (χ2n) is 7.26. The topological polar surface area (TPSA) is 47.6 Å². The van der Waals surface area contributed by atoms with Crippen molar-refractivity contribution in [2.75, 3.05) is 19.5 Å². The lowest BCUT2D eigenvalue weighted by Crippen LogP contribution is -2.21. The van der Waals surface area contributed by atoms with Crippen molar-refractivity contribution in [3.63, 3.8) is 0 Å². The van der Waals surface area contributed by atoms with Crippen molar-refractivity contribution in [3.8, 4) is 21.9 Å². The van der Waals surface area contributed by atoms with Gasteiger partial charge in [-0.05, 0) is 46.8 Å². The molecule has 0 amide bonds. The largest absolute Gasteiger partial charge is 0.497 e. The molecule has 0 aliphatic rings. The third-order valence-electron chi connectivity index (χ3n) is 5.17. The van der Waals surface area contributed by atoms with Gasteiger partial charge in [-0.15, -0.1) is 11.3 Å². The molecule has 0 fully saturated rings. The number of hydrogen-bond donors (Lipinski definition) is 1. The first-order chi connectivity index (χ1) is 16.0. The number of hydrogen-bond acceptors (Lipinski definition) is 5. The third kappa shape index (κ3) is 5.04. The number of rotatable bonds is 8. The van der Waals surface area contributed by atoms with E-state index in [1.807, 2.05) is 5.38 Å². The Morgan fingerprint density at radius 3 is 2.00 bits per heavy atom. The lowest BCUT2D eigenvalue weighted by molar-refractivity contribution is 0.0970. The summed E-state index contributed by atoms with van der Waals surface area (Å²) in [7, 11) is 3.09. The maximum absolute atomic E-state index is 13.8. The highest BCUT2D eigenvalue weighted by Crippen LogP contribution is 2.35. The first-order valence-electron chi connectivity index (χ1n) is 10.1. The van der Waals surface area contributed by atoms with Crippen LogP contribution in [-0.2, 0) is 0 Å². The smallest absolute Gasteiger partial charge is 0.191 e. The number of methoxy groups -OCH3 is 2. The number of carbonyl (C=O) groups is 1. The third-order valence-corrected chi connectivity index (χ3v) is 6.13. The number of carbonyl (C=O) groups excluding carboxylic acids is 1. The second-order valence-corrected chi connectivity index (χ2v) is 8.18. The van der Waals surface area contributed by atoms with E-state index in [2.05, 4.69) is 5.32 Å². The van der Waals surface area contributed by atoms with Gasteiger partial charge in [0.05, 0.1) is 14.2 Å². The molecule has 7 heteroatoms.